The van der Waals surface area contributed by atoms with Crippen molar-refractivity contribution in [1.82, 2.24) is 0 Å². The Morgan fingerprint density at radius 2 is 0.738 bits per heavy atom. The molecule has 0 aliphatic heterocycles. The van der Waals surface area contributed by atoms with Crippen LogP contribution in [-0.4, -0.2) is 195 Å². The highest BCUT2D eigenvalue weighted by molar-refractivity contribution is 4.93. The molecule has 0 radical (unpaired) electrons. The van der Waals surface area contributed by atoms with Gasteiger partial charge in [0, 0.05) is 0 Å². The molecule has 0 spiro atoms. The van der Waals surface area contributed by atoms with Gasteiger partial charge in [-0.15, -0.1) is 0 Å². The number of aliphatic hydroxyl groups excluding tert-OH is 12. The Morgan fingerprint density at radius 1 is 0.452 bits per heavy atom. The Balaban J connectivity index is 7.46. The van der Waals surface area contributed by atoms with Gasteiger partial charge in [0.15, 0.2) is 0 Å². The van der Waals surface area contributed by atoms with Gasteiger partial charge in [0.1, 0.15) is 42.7 Å². The van der Waals surface area contributed by atoms with Crippen LogP contribution in [0.1, 0.15) is 19.8 Å². The first kappa shape index (κ1) is 41.3. The average molecular weight is 627 g/mol. The molecule has 7 atom stereocenters. The molecule has 254 valence electrons. The van der Waals surface area contributed by atoms with Gasteiger partial charge in [0.25, 0.3) is 5.79 Å². The van der Waals surface area contributed by atoms with E-state index in [0.29, 0.717) is 0 Å². The smallest absolute Gasteiger partial charge is 0.343 e. The molecule has 0 saturated heterocycles. The fourth-order valence-corrected chi connectivity index (χ4v) is 3.27. The second-order valence-electron chi connectivity index (χ2n) is 9.41. The third-order valence-electron chi connectivity index (χ3n) is 5.53. The zero-order valence-electron chi connectivity index (χ0n) is 23.8. The van der Waals surface area contributed by atoms with E-state index in [-0.39, 0.29) is 12.8 Å². The molecule has 0 fully saturated rings. The molecule has 0 aromatic rings. The summed E-state index contributed by atoms with van der Waals surface area (Å²) in [4.78, 5) is 0. The summed E-state index contributed by atoms with van der Waals surface area (Å²) in [6, 6.07) is 0. The number of hydrogen-bond donors (Lipinski definition) is 12. The molecule has 7 unspecified atom stereocenters. The van der Waals surface area contributed by atoms with E-state index in [1.54, 1.807) is 6.92 Å². The molecule has 0 amide bonds. The van der Waals surface area contributed by atoms with Crippen molar-refractivity contribution in [2.75, 3.05) is 79.3 Å². The minimum absolute atomic E-state index is 0.0753. The number of ether oxygens (including phenoxy) is 6. The third kappa shape index (κ3) is 13.9. The molecular formula is C24H50O18. The molecule has 42 heavy (non-hydrogen) atoms. The van der Waals surface area contributed by atoms with Crippen molar-refractivity contribution >= 4 is 0 Å². The zero-order valence-corrected chi connectivity index (χ0v) is 23.8. The Hall–Kier alpha value is -0.720. The van der Waals surface area contributed by atoms with Crippen LogP contribution in [0.2, 0.25) is 0 Å². The van der Waals surface area contributed by atoms with E-state index in [2.05, 4.69) is 0 Å². The first-order valence-electron chi connectivity index (χ1n) is 13.5. The Bertz CT molecular complexity index is 595. The lowest BCUT2D eigenvalue weighted by Gasteiger charge is -2.51. The fourth-order valence-electron chi connectivity index (χ4n) is 3.27. The molecule has 0 saturated carbocycles. The summed E-state index contributed by atoms with van der Waals surface area (Å²) in [5, 5.41) is 117. The van der Waals surface area contributed by atoms with Crippen molar-refractivity contribution in [3.8, 4) is 0 Å². The van der Waals surface area contributed by atoms with Gasteiger partial charge in [-0.2, -0.15) is 0 Å². The van der Waals surface area contributed by atoms with E-state index in [0.717, 1.165) is 0 Å². The van der Waals surface area contributed by atoms with Crippen molar-refractivity contribution in [3.05, 3.63) is 0 Å². The van der Waals surface area contributed by atoms with Gasteiger partial charge in [0.2, 0.25) is 0 Å². The minimum atomic E-state index is -2.93. The highest BCUT2D eigenvalue weighted by Crippen LogP contribution is 2.41. The molecule has 0 bridgehead atoms. The zero-order chi connectivity index (χ0) is 32.2. The SMILES string of the molecule is CCCC(OCC(O)CO)C(OCC(O)CO)(OCC(O)CO)C(OCC(O)CO)(OCC(O)CO)OCC(O)CO. The van der Waals surface area contributed by atoms with Gasteiger partial charge in [-0.25, -0.2) is 0 Å². The number of aliphatic hydroxyl groups is 12. The van der Waals surface area contributed by atoms with E-state index >= 15 is 0 Å². The third-order valence-corrected chi connectivity index (χ3v) is 5.53. The molecule has 18 nitrogen and oxygen atoms in total. The van der Waals surface area contributed by atoms with E-state index < -0.39 is 134 Å². The maximum atomic E-state index is 10.2. The predicted octanol–water partition coefficient (Wildman–Crippen LogP) is -6.28. The Labute approximate surface area is 243 Å². The van der Waals surface area contributed by atoms with Crippen LogP contribution < -0.4 is 0 Å². The Kier molecular flexibility index (Phi) is 22.3. The fraction of sp³-hybridized carbons (Fsp3) is 1.00. The molecule has 12 N–H and O–H groups in total. The highest BCUT2D eigenvalue weighted by Gasteiger charge is 2.65. The van der Waals surface area contributed by atoms with Crippen LogP contribution in [0, 0.1) is 0 Å². The Morgan fingerprint density at radius 3 is 1.02 bits per heavy atom. The normalized spacial score (nSPS) is 20.2. The van der Waals surface area contributed by atoms with Crippen LogP contribution in [0.3, 0.4) is 0 Å². The summed E-state index contributed by atoms with van der Waals surface area (Å²) in [7, 11) is 0. The largest absolute Gasteiger partial charge is 0.394 e. The molecule has 0 aliphatic carbocycles. The van der Waals surface area contributed by atoms with Gasteiger partial charge in [-0.1, -0.05) is 13.3 Å². The van der Waals surface area contributed by atoms with Crippen LogP contribution >= 0.6 is 0 Å². The second kappa shape index (κ2) is 22.7. The average Bonchev–Trinajstić information content (AvgIpc) is 3.01. The van der Waals surface area contributed by atoms with Crippen LogP contribution in [0.25, 0.3) is 0 Å². The van der Waals surface area contributed by atoms with Gasteiger partial charge in [-0.3, -0.25) is 0 Å². The lowest BCUT2D eigenvalue weighted by atomic mass is 10.0. The molecule has 0 heterocycles. The van der Waals surface area contributed by atoms with E-state index in [9.17, 15) is 61.3 Å². The minimum Gasteiger partial charge on any atom is -0.394 e. The molecule has 18 heteroatoms. The highest BCUT2D eigenvalue weighted by atomic mass is 16.9. The van der Waals surface area contributed by atoms with Crippen LogP contribution in [-0.2, 0) is 28.4 Å². The van der Waals surface area contributed by atoms with E-state index in [4.69, 9.17) is 28.4 Å². The van der Waals surface area contributed by atoms with Crippen molar-refractivity contribution in [3.63, 3.8) is 0 Å². The molecule has 0 aromatic carbocycles. The van der Waals surface area contributed by atoms with Crippen LogP contribution in [0.15, 0.2) is 0 Å². The quantitative estimate of drug-likeness (QED) is 0.0359. The van der Waals surface area contributed by atoms with Crippen LogP contribution in [0.5, 0.6) is 0 Å². The van der Waals surface area contributed by atoms with Gasteiger partial charge >= 0.3 is 5.97 Å². The number of rotatable bonds is 28. The molecule has 0 rings (SSSR count). The summed E-state index contributed by atoms with van der Waals surface area (Å²) in [5.41, 5.74) is 0. The summed E-state index contributed by atoms with van der Waals surface area (Å²) in [6.45, 7) is -7.85. The van der Waals surface area contributed by atoms with Crippen molar-refractivity contribution in [2.45, 2.75) is 74.3 Å². The summed E-state index contributed by atoms with van der Waals surface area (Å²) < 4.78 is 34.9. The van der Waals surface area contributed by atoms with Crippen molar-refractivity contribution < 1.29 is 89.7 Å². The predicted molar refractivity (Wildman–Crippen MR) is 138 cm³/mol. The van der Waals surface area contributed by atoms with Gasteiger partial charge < -0.3 is 89.7 Å². The summed E-state index contributed by atoms with van der Waals surface area (Å²) in [6.07, 6.45) is -10.8. The maximum absolute atomic E-state index is 10.2. The molecule has 0 aliphatic rings. The topological polar surface area (TPSA) is 298 Å². The lowest BCUT2D eigenvalue weighted by molar-refractivity contribution is -0.521. The van der Waals surface area contributed by atoms with Crippen molar-refractivity contribution in [2.24, 2.45) is 0 Å². The lowest BCUT2D eigenvalue weighted by Crippen LogP contribution is -2.70. The number of hydrogen-bond acceptors (Lipinski definition) is 18. The van der Waals surface area contributed by atoms with E-state index in [1.807, 2.05) is 0 Å². The summed E-state index contributed by atoms with van der Waals surface area (Å²) in [5.74, 6) is -5.65. The first-order valence-corrected chi connectivity index (χ1v) is 13.5. The first-order chi connectivity index (χ1) is 19.9. The van der Waals surface area contributed by atoms with E-state index in [1.165, 1.54) is 0 Å². The maximum Gasteiger partial charge on any atom is 0.343 e. The standard InChI is InChI=1S/C24H50O18/c1-2-3-22(37-10-16(31)4-25)23(38-11-17(32)5-26,39-12-18(33)6-27)24(40-13-19(34)7-28,41-14-20(35)8-29)42-15-21(36)9-30/h16-22,25-36H,2-15H2,1H3. The second-order valence-corrected chi connectivity index (χ2v) is 9.41. The van der Waals surface area contributed by atoms with Crippen molar-refractivity contribution in [1.29, 1.82) is 0 Å². The molecule has 0 aromatic heterocycles. The van der Waals surface area contributed by atoms with Gasteiger partial charge in [0.05, 0.1) is 79.3 Å². The molecular weight excluding hydrogens is 576 g/mol. The summed E-state index contributed by atoms with van der Waals surface area (Å²) >= 11 is 0. The monoisotopic (exact) mass is 626 g/mol. The van der Waals surface area contributed by atoms with Gasteiger partial charge in [-0.05, 0) is 6.42 Å². The van der Waals surface area contributed by atoms with Crippen LogP contribution in [0.4, 0.5) is 0 Å².